The van der Waals surface area contributed by atoms with E-state index in [1.165, 1.54) is 19.3 Å². The molecule has 0 bridgehead atoms. The monoisotopic (exact) mass is 482 g/mol. The summed E-state index contributed by atoms with van der Waals surface area (Å²) < 4.78 is 17.1. The first-order valence-electron chi connectivity index (χ1n) is 13.2. The maximum absolute atomic E-state index is 12.0. The van der Waals surface area contributed by atoms with E-state index in [0.29, 0.717) is 13.0 Å². The van der Waals surface area contributed by atoms with Gasteiger partial charge in [0, 0.05) is 18.8 Å². The van der Waals surface area contributed by atoms with E-state index in [2.05, 4.69) is 37.3 Å². The van der Waals surface area contributed by atoms with E-state index >= 15 is 0 Å². The molecule has 0 amide bonds. The van der Waals surface area contributed by atoms with Gasteiger partial charge in [-0.3, -0.25) is 4.79 Å². The minimum atomic E-state index is -0.642. The number of esters is 1. The Hall–Kier alpha value is -2.37. The van der Waals surface area contributed by atoms with Gasteiger partial charge in [-0.15, -0.1) is 0 Å². The molecule has 1 N–H and O–H groups in total. The van der Waals surface area contributed by atoms with Gasteiger partial charge in [0.2, 0.25) is 0 Å². The summed E-state index contributed by atoms with van der Waals surface area (Å²) in [4.78, 5) is 12.0. The second-order valence-corrected chi connectivity index (χ2v) is 9.58. The number of methoxy groups -OCH3 is 1. The normalized spacial score (nSPS) is 25.1. The number of carbonyl (C=O) groups excluding carboxylic acids is 1. The summed E-state index contributed by atoms with van der Waals surface area (Å²) >= 11 is 0. The first-order valence-corrected chi connectivity index (χ1v) is 13.2. The highest BCUT2D eigenvalue weighted by Crippen LogP contribution is 2.47. The molecular weight excluding hydrogens is 440 g/mol. The van der Waals surface area contributed by atoms with Crippen LogP contribution in [0.4, 0.5) is 0 Å². The molecule has 5 nitrogen and oxygen atoms in total. The van der Waals surface area contributed by atoms with Crippen LogP contribution in [0.2, 0.25) is 0 Å². The molecular formula is C30H42O5. The Kier molecular flexibility index (Phi) is 11.6. The van der Waals surface area contributed by atoms with Gasteiger partial charge in [-0.05, 0) is 55.7 Å². The van der Waals surface area contributed by atoms with Crippen LogP contribution in [0.3, 0.4) is 0 Å². The fourth-order valence-corrected chi connectivity index (χ4v) is 4.59. The van der Waals surface area contributed by atoms with Crippen molar-refractivity contribution in [3.05, 3.63) is 66.3 Å². The number of aliphatic hydroxyl groups is 1. The van der Waals surface area contributed by atoms with E-state index in [0.717, 1.165) is 43.4 Å². The van der Waals surface area contributed by atoms with Gasteiger partial charge in [-0.2, -0.15) is 0 Å². The lowest BCUT2D eigenvalue weighted by atomic mass is 10.0. The largest absolute Gasteiger partial charge is 0.497 e. The fourth-order valence-electron chi connectivity index (χ4n) is 4.59. The Bertz CT molecular complexity index is 841. The number of hydrogen-bond acceptors (Lipinski definition) is 5. The van der Waals surface area contributed by atoms with Gasteiger partial charge < -0.3 is 19.3 Å². The van der Waals surface area contributed by atoms with Crippen LogP contribution < -0.4 is 4.74 Å². The van der Waals surface area contributed by atoms with Crippen molar-refractivity contribution < 1.29 is 24.1 Å². The molecule has 5 atom stereocenters. The van der Waals surface area contributed by atoms with Crippen LogP contribution in [0.5, 0.6) is 5.75 Å². The van der Waals surface area contributed by atoms with E-state index in [4.69, 9.17) is 14.2 Å². The van der Waals surface area contributed by atoms with Gasteiger partial charge in [0.15, 0.2) is 0 Å². The Morgan fingerprint density at radius 1 is 1.14 bits per heavy atom. The van der Waals surface area contributed by atoms with E-state index in [-0.39, 0.29) is 23.9 Å². The minimum Gasteiger partial charge on any atom is -0.497 e. The maximum atomic E-state index is 12.0. The number of rotatable bonds is 14. The summed E-state index contributed by atoms with van der Waals surface area (Å²) in [6, 6.07) is 7.78. The molecule has 0 spiro atoms. The lowest BCUT2D eigenvalue weighted by Crippen LogP contribution is -2.32. The van der Waals surface area contributed by atoms with E-state index in [1.807, 2.05) is 30.3 Å². The molecule has 0 radical (unpaired) electrons. The topological polar surface area (TPSA) is 65.0 Å². The van der Waals surface area contributed by atoms with Crippen LogP contribution in [-0.4, -0.2) is 36.5 Å². The predicted octanol–water partition coefficient (Wildman–Crippen LogP) is 6.31. The van der Waals surface area contributed by atoms with Crippen LogP contribution in [0, 0.1) is 11.8 Å². The van der Waals surface area contributed by atoms with Gasteiger partial charge in [0.25, 0.3) is 0 Å². The fraction of sp³-hybridized carbons (Fsp3) is 0.567. The molecule has 1 aliphatic carbocycles. The van der Waals surface area contributed by atoms with Crippen molar-refractivity contribution in [1.29, 1.82) is 0 Å². The number of carbonyl (C=O) groups is 1. The molecule has 0 aromatic heterocycles. The van der Waals surface area contributed by atoms with Crippen LogP contribution in [0.15, 0.2) is 60.7 Å². The molecule has 35 heavy (non-hydrogen) atoms. The first kappa shape index (κ1) is 27.2. The number of ether oxygens (including phenoxy) is 3. The van der Waals surface area contributed by atoms with Gasteiger partial charge in [0.05, 0.1) is 19.8 Å². The third-order valence-corrected chi connectivity index (χ3v) is 6.82. The molecule has 3 rings (SSSR count). The second-order valence-electron chi connectivity index (χ2n) is 9.58. The lowest BCUT2D eigenvalue weighted by Gasteiger charge is -2.23. The SMILES string of the molecule is CCCCC/C=C\C/C=C/[C@@H](OCc1ccc(OC)cc1)[C@H](O)[C@@H]1C[C@H]1[C@H]1C/C=C\CCC(=O)O1. The Morgan fingerprint density at radius 3 is 2.74 bits per heavy atom. The van der Waals surface area contributed by atoms with Crippen LogP contribution in [0.25, 0.3) is 0 Å². The zero-order chi connectivity index (χ0) is 24.9. The van der Waals surface area contributed by atoms with Crippen molar-refractivity contribution in [3.8, 4) is 5.75 Å². The summed E-state index contributed by atoms with van der Waals surface area (Å²) in [6.45, 7) is 2.62. The van der Waals surface area contributed by atoms with Crippen LogP contribution >= 0.6 is 0 Å². The molecule has 0 saturated heterocycles. The zero-order valence-electron chi connectivity index (χ0n) is 21.3. The van der Waals surface area contributed by atoms with Crippen molar-refractivity contribution in [3.63, 3.8) is 0 Å². The molecule has 1 aliphatic heterocycles. The summed E-state index contributed by atoms with van der Waals surface area (Å²) in [5.41, 5.74) is 1.03. The molecule has 192 valence electrons. The molecule has 1 saturated carbocycles. The predicted molar refractivity (Wildman–Crippen MR) is 139 cm³/mol. The molecule has 5 heteroatoms. The highest BCUT2D eigenvalue weighted by Gasteiger charge is 2.50. The quantitative estimate of drug-likeness (QED) is 0.191. The molecule has 1 heterocycles. The van der Waals surface area contributed by atoms with Crippen molar-refractivity contribution in [2.45, 2.75) is 89.6 Å². The average Bonchev–Trinajstić information content (AvgIpc) is 3.65. The third-order valence-electron chi connectivity index (χ3n) is 6.82. The number of aliphatic hydroxyl groups excluding tert-OH is 1. The Balaban J connectivity index is 1.58. The molecule has 2 aliphatic rings. The van der Waals surface area contributed by atoms with E-state index in [1.54, 1.807) is 7.11 Å². The number of benzene rings is 1. The average molecular weight is 483 g/mol. The second kappa shape index (κ2) is 14.9. The molecule has 1 fully saturated rings. The van der Waals surface area contributed by atoms with Crippen molar-refractivity contribution in [2.75, 3.05) is 7.11 Å². The smallest absolute Gasteiger partial charge is 0.306 e. The van der Waals surface area contributed by atoms with Crippen molar-refractivity contribution in [2.24, 2.45) is 11.8 Å². The van der Waals surface area contributed by atoms with E-state index in [9.17, 15) is 9.90 Å². The highest BCUT2D eigenvalue weighted by molar-refractivity contribution is 5.70. The van der Waals surface area contributed by atoms with Gasteiger partial charge in [-0.1, -0.05) is 68.4 Å². The summed E-state index contributed by atoms with van der Waals surface area (Å²) in [5.74, 6) is 0.906. The highest BCUT2D eigenvalue weighted by atomic mass is 16.5. The van der Waals surface area contributed by atoms with Gasteiger partial charge in [0.1, 0.15) is 18.0 Å². The molecule has 1 aromatic carbocycles. The van der Waals surface area contributed by atoms with Crippen molar-refractivity contribution >= 4 is 5.97 Å². The van der Waals surface area contributed by atoms with Gasteiger partial charge >= 0.3 is 5.97 Å². The Labute approximate surface area is 210 Å². The maximum Gasteiger partial charge on any atom is 0.306 e. The van der Waals surface area contributed by atoms with Gasteiger partial charge in [-0.25, -0.2) is 0 Å². The summed E-state index contributed by atoms with van der Waals surface area (Å²) in [6.07, 6.45) is 19.8. The van der Waals surface area contributed by atoms with Crippen LogP contribution in [-0.2, 0) is 20.9 Å². The zero-order valence-corrected chi connectivity index (χ0v) is 21.3. The lowest BCUT2D eigenvalue weighted by molar-refractivity contribution is -0.150. The van der Waals surface area contributed by atoms with Crippen LogP contribution in [0.1, 0.15) is 70.3 Å². The molecule has 0 unspecified atom stereocenters. The van der Waals surface area contributed by atoms with E-state index < -0.39 is 12.2 Å². The number of allylic oxidation sites excluding steroid dienone is 4. The minimum absolute atomic E-state index is 0.0655. The standard InChI is InChI=1S/C30H42O5/c1-3-4-5-6-7-8-9-11-15-28(34-22-23-17-19-24(33-2)20-18-23)30(32)26-21-25(26)27-14-12-10-13-16-29(31)35-27/h7-8,10-12,15,17-20,25-28,30,32H,3-6,9,13-14,16,21-22H2,1-2H3/b8-7-,12-10-,15-11+/t25-,26-,27-,28-,30-/m1/s1. The Morgan fingerprint density at radius 2 is 1.97 bits per heavy atom. The molecule has 1 aromatic rings. The van der Waals surface area contributed by atoms with Crippen molar-refractivity contribution in [1.82, 2.24) is 0 Å². The summed E-state index contributed by atoms with van der Waals surface area (Å²) in [5, 5.41) is 11.2. The number of unbranched alkanes of at least 4 members (excludes halogenated alkanes) is 3. The summed E-state index contributed by atoms with van der Waals surface area (Å²) in [7, 11) is 1.65. The first-order chi connectivity index (χ1) is 17.1. The third kappa shape index (κ3) is 9.30. The number of hydrogen-bond donors (Lipinski definition) is 1. The number of cyclic esters (lactones) is 1.